The predicted octanol–water partition coefficient (Wildman–Crippen LogP) is 2.26. The van der Waals surface area contributed by atoms with Crippen LogP contribution in [0.3, 0.4) is 0 Å². The molecule has 0 radical (unpaired) electrons. The number of carbonyl (C=O) groups excluding carboxylic acids is 1. The van der Waals surface area contributed by atoms with Gasteiger partial charge in [0.2, 0.25) is 5.91 Å². The normalized spacial score (nSPS) is 16.4. The third-order valence-corrected chi connectivity index (χ3v) is 3.36. The third kappa shape index (κ3) is 2.86. The number of benzene rings is 1. The molecular weight excluding hydrogens is 277 g/mol. The average Bonchev–Trinajstić information content (AvgIpc) is 2.55. The second kappa shape index (κ2) is 4.80. The number of carbonyl (C=O) groups is 1. The molecule has 1 amide bonds. The van der Waals surface area contributed by atoms with Crippen LogP contribution in [0.5, 0.6) is 0 Å². The summed E-state index contributed by atoms with van der Waals surface area (Å²) in [6.45, 7) is 0.226. The van der Waals surface area contributed by atoms with E-state index in [9.17, 15) is 18.0 Å². The molecule has 0 aromatic heterocycles. The summed E-state index contributed by atoms with van der Waals surface area (Å²) in [5.41, 5.74) is -0.322. The topological polar surface area (TPSA) is 23.6 Å². The van der Waals surface area contributed by atoms with Gasteiger partial charge in [0, 0.05) is 7.05 Å². The van der Waals surface area contributed by atoms with E-state index in [1.54, 1.807) is 18.0 Å². The smallest absolute Gasteiger partial charge is 0.343 e. The van der Waals surface area contributed by atoms with Gasteiger partial charge in [-0.1, -0.05) is 12.1 Å². The molecule has 0 unspecified atom stereocenters. The average molecular weight is 288 g/mol. The lowest BCUT2D eigenvalue weighted by Gasteiger charge is -2.17. The zero-order valence-corrected chi connectivity index (χ0v) is 10.9. The number of rotatable bonds is 2. The molecule has 0 atom stereocenters. The van der Waals surface area contributed by atoms with Gasteiger partial charge in [0.15, 0.2) is 5.11 Å². The minimum Gasteiger partial charge on any atom is -0.343 e. The summed E-state index contributed by atoms with van der Waals surface area (Å²) in [7, 11) is 1.67. The molecule has 0 N–H and O–H groups in total. The first-order valence-corrected chi connectivity index (χ1v) is 5.91. The quantitative estimate of drug-likeness (QED) is 0.780. The van der Waals surface area contributed by atoms with Gasteiger partial charge in [-0.25, -0.2) is 0 Å². The fourth-order valence-electron chi connectivity index (χ4n) is 1.85. The van der Waals surface area contributed by atoms with E-state index in [4.69, 9.17) is 12.2 Å². The summed E-state index contributed by atoms with van der Waals surface area (Å²) in [5, 5.41) is 0.336. The maximum absolute atomic E-state index is 12.6. The van der Waals surface area contributed by atoms with Crippen molar-refractivity contribution in [1.29, 1.82) is 0 Å². The summed E-state index contributed by atoms with van der Waals surface area (Å²) < 4.78 is 37.7. The van der Waals surface area contributed by atoms with Crippen molar-refractivity contribution >= 4 is 23.2 Å². The summed E-state index contributed by atoms with van der Waals surface area (Å²) in [5.74, 6) is -0.204. The molecule has 19 heavy (non-hydrogen) atoms. The summed E-state index contributed by atoms with van der Waals surface area (Å²) >= 11 is 5.05. The lowest BCUT2D eigenvalue weighted by atomic mass is 10.1. The molecule has 0 bridgehead atoms. The van der Waals surface area contributed by atoms with E-state index in [0.29, 0.717) is 10.7 Å². The monoisotopic (exact) mass is 288 g/mol. The van der Waals surface area contributed by atoms with Crippen LogP contribution in [0.4, 0.5) is 13.2 Å². The predicted molar refractivity (Wildman–Crippen MR) is 67.2 cm³/mol. The summed E-state index contributed by atoms with van der Waals surface area (Å²) in [4.78, 5) is 14.6. The molecule has 1 saturated heterocycles. The molecule has 3 nitrogen and oxygen atoms in total. The van der Waals surface area contributed by atoms with Crippen LogP contribution in [0.1, 0.15) is 11.1 Å². The van der Waals surface area contributed by atoms with Gasteiger partial charge in [-0.2, -0.15) is 13.2 Å². The number of likely N-dealkylation sites (N-methyl/N-ethyl adjacent to an activating group) is 1. The fourth-order valence-corrected chi connectivity index (χ4v) is 2.08. The van der Waals surface area contributed by atoms with Crippen LogP contribution in [0.15, 0.2) is 24.3 Å². The molecule has 0 aliphatic carbocycles. The van der Waals surface area contributed by atoms with Crippen molar-refractivity contribution in [2.24, 2.45) is 0 Å². The zero-order valence-electron chi connectivity index (χ0n) is 10.1. The van der Waals surface area contributed by atoms with Crippen LogP contribution < -0.4 is 0 Å². The minimum atomic E-state index is -4.39. The highest BCUT2D eigenvalue weighted by atomic mass is 32.1. The molecule has 7 heteroatoms. The molecule has 1 fully saturated rings. The number of thiocarbonyl (C=S) groups is 1. The Kier molecular flexibility index (Phi) is 3.49. The molecule has 1 heterocycles. The van der Waals surface area contributed by atoms with E-state index in [0.717, 1.165) is 12.1 Å². The highest BCUT2D eigenvalue weighted by Gasteiger charge is 2.32. The number of amides is 1. The largest absolute Gasteiger partial charge is 0.416 e. The Morgan fingerprint density at radius 2 is 2.05 bits per heavy atom. The van der Waals surface area contributed by atoms with Crippen LogP contribution in [0.2, 0.25) is 0 Å². The molecular formula is C12H11F3N2OS. The summed E-state index contributed by atoms with van der Waals surface area (Å²) in [6.07, 6.45) is -4.39. The van der Waals surface area contributed by atoms with Gasteiger partial charge in [0.1, 0.15) is 0 Å². The molecule has 102 valence electrons. The molecule has 1 aliphatic heterocycles. The van der Waals surface area contributed by atoms with E-state index in [1.165, 1.54) is 11.0 Å². The van der Waals surface area contributed by atoms with Crippen LogP contribution in [0, 0.1) is 0 Å². The molecule has 1 aliphatic rings. The number of nitrogens with zero attached hydrogens (tertiary/aromatic N) is 2. The van der Waals surface area contributed by atoms with Crippen molar-refractivity contribution in [1.82, 2.24) is 9.80 Å². The van der Waals surface area contributed by atoms with E-state index >= 15 is 0 Å². The van der Waals surface area contributed by atoms with E-state index in [2.05, 4.69) is 0 Å². The van der Waals surface area contributed by atoms with Gasteiger partial charge in [0.05, 0.1) is 18.7 Å². The Hall–Kier alpha value is -1.63. The fraction of sp³-hybridized carbons (Fsp3) is 0.333. The van der Waals surface area contributed by atoms with Gasteiger partial charge < -0.3 is 4.90 Å². The van der Waals surface area contributed by atoms with Crippen molar-refractivity contribution in [3.05, 3.63) is 35.4 Å². The minimum absolute atomic E-state index is 0.0614. The van der Waals surface area contributed by atoms with E-state index < -0.39 is 11.7 Å². The Labute approximate surface area is 113 Å². The molecule has 1 aromatic carbocycles. The summed E-state index contributed by atoms with van der Waals surface area (Å²) in [6, 6.07) is 4.91. The number of hydrogen-bond donors (Lipinski definition) is 0. The van der Waals surface area contributed by atoms with Crippen LogP contribution in [0.25, 0.3) is 0 Å². The van der Waals surface area contributed by atoms with E-state index in [-0.39, 0.29) is 19.0 Å². The number of alkyl halides is 3. The molecule has 0 spiro atoms. The maximum Gasteiger partial charge on any atom is 0.416 e. The third-order valence-electron chi connectivity index (χ3n) is 2.83. The lowest BCUT2D eigenvalue weighted by Crippen LogP contribution is -2.30. The Balaban J connectivity index is 2.20. The van der Waals surface area contributed by atoms with Crippen molar-refractivity contribution < 1.29 is 18.0 Å². The van der Waals surface area contributed by atoms with Crippen molar-refractivity contribution in [3.63, 3.8) is 0 Å². The van der Waals surface area contributed by atoms with Crippen LogP contribution >= 0.6 is 12.2 Å². The van der Waals surface area contributed by atoms with Gasteiger partial charge in [-0.3, -0.25) is 9.69 Å². The number of halogens is 3. The number of hydrogen-bond acceptors (Lipinski definition) is 2. The highest BCUT2D eigenvalue weighted by molar-refractivity contribution is 7.80. The Morgan fingerprint density at radius 3 is 2.58 bits per heavy atom. The SMILES string of the molecule is CN1CC(=O)N(Cc2cccc(C(F)(F)F)c2)C1=S. The van der Waals surface area contributed by atoms with Crippen LogP contribution in [-0.2, 0) is 17.5 Å². The molecule has 1 aromatic rings. The van der Waals surface area contributed by atoms with E-state index in [1.807, 2.05) is 0 Å². The van der Waals surface area contributed by atoms with Crippen LogP contribution in [-0.4, -0.2) is 34.4 Å². The van der Waals surface area contributed by atoms with Gasteiger partial charge in [-0.05, 0) is 29.9 Å². The van der Waals surface area contributed by atoms with Gasteiger partial charge >= 0.3 is 6.18 Å². The molecule has 0 saturated carbocycles. The lowest BCUT2D eigenvalue weighted by molar-refractivity contribution is -0.137. The molecule has 2 rings (SSSR count). The van der Waals surface area contributed by atoms with Gasteiger partial charge in [-0.15, -0.1) is 0 Å². The van der Waals surface area contributed by atoms with Gasteiger partial charge in [0.25, 0.3) is 0 Å². The highest BCUT2D eigenvalue weighted by Crippen LogP contribution is 2.30. The second-order valence-electron chi connectivity index (χ2n) is 4.32. The first kappa shape index (κ1) is 13.8. The zero-order chi connectivity index (χ0) is 14.2. The Bertz CT molecular complexity index is 530. The standard InChI is InChI=1S/C12H11F3N2OS/c1-16-7-10(18)17(11(16)19)6-8-3-2-4-9(5-8)12(13,14)15/h2-5H,6-7H2,1H3. The first-order chi connectivity index (χ1) is 8.79. The van der Waals surface area contributed by atoms with Crippen molar-refractivity contribution in [3.8, 4) is 0 Å². The first-order valence-electron chi connectivity index (χ1n) is 5.50. The van der Waals surface area contributed by atoms with Crippen molar-refractivity contribution in [2.75, 3.05) is 13.6 Å². The Morgan fingerprint density at radius 1 is 1.37 bits per heavy atom. The maximum atomic E-state index is 12.6. The van der Waals surface area contributed by atoms with Crippen molar-refractivity contribution in [2.45, 2.75) is 12.7 Å². The second-order valence-corrected chi connectivity index (χ2v) is 4.68.